The Kier molecular flexibility index (Phi) is 6.55. The van der Waals surface area contributed by atoms with E-state index in [9.17, 15) is 13.8 Å². The lowest BCUT2D eigenvalue weighted by Gasteiger charge is -2.27. The molecule has 2 unspecified atom stereocenters. The van der Waals surface area contributed by atoms with Gasteiger partial charge in [0.2, 0.25) is 0 Å². The average molecular weight is 311 g/mol. The van der Waals surface area contributed by atoms with Crippen LogP contribution in [0.1, 0.15) is 36.2 Å². The van der Waals surface area contributed by atoms with Gasteiger partial charge >= 0.3 is 5.97 Å². The van der Waals surface area contributed by atoms with Crippen LogP contribution in [0.5, 0.6) is 0 Å². The van der Waals surface area contributed by atoms with Crippen molar-refractivity contribution in [3.8, 4) is 0 Å². The summed E-state index contributed by atoms with van der Waals surface area (Å²) in [6, 6.07) is 6.72. The molecular formula is C15H21NO4S. The van der Waals surface area contributed by atoms with E-state index in [2.05, 4.69) is 0 Å². The molecule has 1 aromatic carbocycles. The number of hydrogen-bond donors (Lipinski definition) is 1. The van der Waals surface area contributed by atoms with Crippen LogP contribution in [0.25, 0.3) is 0 Å². The van der Waals surface area contributed by atoms with E-state index in [-0.39, 0.29) is 18.5 Å². The van der Waals surface area contributed by atoms with E-state index in [1.807, 2.05) is 19.9 Å². The van der Waals surface area contributed by atoms with Gasteiger partial charge in [0.25, 0.3) is 5.91 Å². The second kappa shape index (κ2) is 7.93. The molecule has 0 spiro atoms. The van der Waals surface area contributed by atoms with Gasteiger partial charge in [-0.3, -0.25) is 13.8 Å². The minimum Gasteiger partial charge on any atom is -0.480 e. The Morgan fingerprint density at radius 3 is 2.57 bits per heavy atom. The topological polar surface area (TPSA) is 74.7 Å². The molecule has 0 saturated carbocycles. The van der Waals surface area contributed by atoms with Gasteiger partial charge in [-0.1, -0.05) is 19.1 Å². The minimum atomic E-state index is -1.03. The van der Waals surface area contributed by atoms with Gasteiger partial charge in [0, 0.05) is 34.4 Å². The average Bonchev–Trinajstić information content (AvgIpc) is 2.42. The zero-order valence-electron chi connectivity index (χ0n) is 12.5. The fraction of sp³-hybridized carbons (Fsp3) is 0.467. The third kappa shape index (κ3) is 5.30. The summed E-state index contributed by atoms with van der Waals surface area (Å²) in [6.45, 7) is 3.41. The molecule has 0 aliphatic rings. The van der Waals surface area contributed by atoms with Gasteiger partial charge in [0.1, 0.15) is 6.54 Å². The first-order chi connectivity index (χ1) is 9.85. The number of nitrogens with zero attached hydrogens (tertiary/aromatic N) is 1. The fourth-order valence-electron chi connectivity index (χ4n) is 1.99. The number of amides is 1. The lowest BCUT2D eigenvalue weighted by molar-refractivity contribution is -0.138. The first-order valence-corrected chi connectivity index (χ1v) is 8.49. The Morgan fingerprint density at radius 2 is 2.05 bits per heavy atom. The molecule has 1 N–H and O–H groups in total. The Morgan fingerprint density at radius 1 is 1.38 bits per heavy atom. The van der Waals surface area contributed by atoms with Crippen molar-refractivity contribution < 1.29 is 18.9 Å². The normalized spacial score (nSPS) is 13.5. The second-order valence-electron chi connectivity index (χ2n) is 5.00. The van der Waals surface area contributed by atoms with Gasteiger partial charge in [0.15, 0.2) is 0 Å². The highest BCUT2D eigenvalue weighted by atomic mass is 32.2. The van der Waals surface area contributed by atoms with Crippen LogP contribution in [-0.4, -0.2) is 44.9 Å². The predicted octanol–water partition coefficient (Wildman–Crippen LogP) is 1.89. The van der Waals surface area contributed by atoms with Crippen molar-refractivity contribution in [1.82, 2.24) is 4.90 Å². The van der Waals surface area contributed by atoms with Crippen molar-refractivity contribution in [2.75, 3.05) is 12.8 Å². The molecule has 1 amide bonds. The quantitative estimate of drug-likeness (QED) is 0.834. The van der Waals surface area contributed by atoms with E-state index in [4.69, 9.17) is 5.11 Å². The van der Waals surface area contributed by atoms with E-state index in [1.165, 1.54) is 4.90 Å². The van der Waals surface area contributed by atoms with Crippen molar-refractivity contribution >= 4 is 22.7 Å². The predicted molar refractivity (Wildman–Crippen MR) is 82.6 cm³/mol. The molecular weight excluding hydrogens is 290 g/mol. The molecule has 2 atom stereocenters. The standard InChI is InChI=1S/C15H21NO4S/c1-4-11(2)16(9-14(17)18)15(19)13-7-5-6-12(8-13)10-21(3)20/h5-8,11H,4,9-10H2,1-3H3,(H,17,18). The molecule has 0 aromatic heterocycles. The van der Waals surface area contributed by atoms with Crippen molar-refractivity contribution in [2.24, 2.45) is 0 Å². The monoisotopic (exact) mass is 311 g/mol. The van der Waals surface area contributed by atoms with E-state index < -0.39 is 16.8 Å². The maximum Gasteiger partial charge on any atom is 0.323 e. The van der Waals surface area contributed by atoms with Crippen LogP contribution in [0, 0.1) is 0 Å². The number of carbonyl (C=O) groups is 2. The van der Waals surface area contributed by atoms with Crippen molar-refractivity contribution in [2.45, 2.75) is 32.1 Å². The van der Waals surface area contributed by atoms with Crippen LogP contribution in [0.15, 0.2) is 24.3 Å². The summed E-state index contributed by atoms with van der Waals surface area (Å²) < 4.78 is 11.3. The molecule has 0 fully saturated rings. The lowest BCUT2D eigenvalue weighted by atomic mass is 10.1. The molecule has 0 saturated heterocycles. The summed E-state index contributed by atoms with van der Waals surface area (Å²) in [5.74, 6) is -0.964. The zero-order chi connectivity index (χ0) is 16.0. The van der Waals surface area contributed by atoms with Crippen LogP contribution in [-0.2, 0) is 21.3 Å². The Balaban J connectivity index is 3.02. The van der Waals surface area contributed by atoms with E-state index >= 15 is 0 Å². The molecule has 21 heavy (non-hydrogen) atoms. The summed E-state index contributed by atoms with van der Waals surface area (Å²) in [7, 11) is -0.987. The molecule has 5 nitrogen and oxygen atoms in total. The van der Waals surface area contributed by atoms with E-state index in [1.54, 1.807) is 24.5 Å². The van der Waals surface area contributed by atoms with Crippen molar-refractivity contribution in [3.05, 3.63) is 35.4 Å². The van der Waals surface area contributed by atoms with E-state index in [0.717, 1.165) is 5.56 Å². The number of carboxylic acids is 1. The number of benzene rings is 1. The van der Waals surface area contributed by atoms with Gasteiger partial charge in [-0.15, -0.1) is 0 Å². The Hall–Kier alpha value is -1.69. The first kappa shape index (κ1) is 17.4. The largest absolute Gasteiger partial charge is 0.480 e. The molecule has 116 valence electrons. The molecule has 1 rings (SSSR count). The molecule has 0 heterocycles. The summed E-state index contributed by atoms with van der Waals surface area (Å²) in [4.78, 5) is 24.8. The number of carbonyl (C=O) groups excluding carboxylic acids is 1. The molecule has 1 aromatic rings. The summed E-state index contributed by atoms with van der Waals surface area (Å²) >= 11 is 0. The first-order valence-electron chi connectivity index (χ1n) is 6.76. The van der Waals surface area contributed by atoms with Gasteiger partial charge < -0.3 is 10.0 Å². The minimum absolute atomic E-state index is 0.155. The van der Waals surface area contributed by atoms with Gasteiger partial charge in [-0.05, 0) is 31.0 Å². The van der Waals surface area contributed by atoms with Crippen molar-refractivity contribution in [3.63, 3.8) is 0 Å². The second-order valence-corrected chi connectivity index (χ2v) is 6.44. The lowest BCUT2D eigenvalue weighted by Crippen LogP contribution is -2.41. The molecule has 0 aliphatic carbocycles. The Bertz CT molecular complexity index is 544. The summed E-state index contributed by atoms with van der Waals surface area (Å²) in [5.41, 5.74) is 1.24. The van der Waals surface area contributed by atoms with Crippen LogP contribution in [0.2, 0.25) is 0 Å². The third-order valence-electron chi connectivity index (χ3n) is 3.23. The van der Waals surface area contributed by atoms with Gasteiger partial charge in [-0.2, -0.15) is 0 Å². The maximum atomic E-state index is 12.5. The van der Waals surface area contributed by atoms with Crippen LogP contribution >= 0.6 is 0 Å². The van der Waals surface area contributed by atoms with E-state index in [0.29, 0.717) is 17.7 Å². The van der Waals surface area contributed by atoms with Crippen molar-refractivity contribution in [1.29, 1.82) is 0 Å². The zero-order valence-corrected chi connectivity index (χ0v) is 13.4. The highest BCUT2D eigenvalue weighted by Gasteiger charge is 2.23. The van der Waals surface area contributed by atoms with Gasteiger partial charge in [-0.25, -0.2) is 0 Å². The number of carboxylic acid groups (broad SMARTS) is 1. The summed E-state index contributed by atoms with van der Waals surface area (Å²) in [5, 5.41) is 8.96. The fourth-order valence-corrected chi connectivity index (χ4v) is 2.64. The Labute approximate surface area is 127 Å². The molecule has 6 heteroatoms. The number of rotatable bonds is 7. The number of aliphatic carboxylic acids is 1. The maximum absolute atomic E-state index is 12.5. The van der Waals surface area contributed by atoms with Crippen LogP contribution in [0.4, 0.5) is 0 Å². The highest BCUT2D eigenvalue weighted by molar-refractivity contribution is 7.83. The van der Waals surface area contributed by atoms with Crippen LogP contribution in [0.3, 0.4) is 0 Å². The smallest absolute Gasteiger partial charge is 0.323 e. The molecule has 0 aliphatic heterocycles. The number of hydrogen-bond acceptors (Lipinski definition) is 3. The van der Waals surface area contributed by atoms with Gasteiger partial charge in [0.05, 0.1) is 0 Å². The molecule has 0 bridgehead atoms. The highest BCUT2D eigenvalue weighted by Crippen LogP contribution is 2.13. The van der Waals surface area contributed by atoms with Crippen LogP contribution < -0.4 is 0 Å². The third-order valence-corrected chi connectivity index (χ3v) is 3.97. The summed E-state index contributed by atoms with van der Waals surface area (Å²) in [6.07, 6.45) is 2.28. The molecule has 0 radical (unpaired) electrons. The SMILES string of the molecule is CCC(C)N(CC(=O)O)C(=O)c1cccc(CS(C)=O)c1.